The Morgan fingerprint density at radius 2 is 2.18 bits per heavy atom. The highest BCUT2D eigenvalue weighted by molar-refractivity contribution is 6.02. The Kier molecular flexibility index (Phi) is 3.32. The molecular formula is C17H19N3O2. The molecule has 0 radical (unpaired) electrons. The van der Waals surface area contributed by atoms with Gasteiger partial charge in [0, 0.05) is 12.0 Å². The van der Waals surface area contributed by atoms with Gasteiger partial charge in [-0.05, 0) is 25.8 Å². The Morgan fingerprint density at radius 1 is 1.32 bits per heavy atom. The van der Waals surface area contributed by atoms with Crippen LogP contribution in [-0.4, -0.2) is 32.9 Å². The van der Waals surface area contributed by atoms with Crippen LogP contribution in [0, 0.1) is 0 Å². The van der Waals surface area contributed by atoms with Gasteiger partial charge < -0.3 is 14.4 Å². The maximum Gasteiger partial charge on any atom is 0.138 e. The number of para-hydroxylation sites is 1. The molecule has 5 heteroatoms. The average molecular weight is 297 g/mol. The molecule has 1 aliphatic rings. The molecule has 2 aromatic heterocycles. The number of aromatic nitrogens is 3. The third-order valence-electron chi connectivity index (χ3n) is 4.33. The highest BCUT2D eigenvalue weighted by atomic mass is 16.5. The van der Waals surface area contributed by atoms with E-state index < -0.39 is 6.10 Å². The molecule has 1 aromatic carbocycles. The molecule has 0 saturated carbocycles. The lowest BCUT2D eigenvalue weighted by Crippen LogP contribution is -2.23. The van der Waals surface area contributed by atoms with Crippen molar-refractivity contribution in [2.24, 2.45) is 0 Å². The fourth-order valence-electron chi connectivity index (χ4n) is 3.33. The smallest absolute Gasteiger partial charge is 0.138 e. The predicted molar refractivity (Wildman–Crippen MR) is 84.8 cm³/mol. The first-order chi connectivity index (χ1) is 10.8. The number of aliphatic hydroxyl groups is 1. The summed E-state index contributed by atoms with van der Waals surface area (Å²) in [6, 6.07) is 8.29. The number of hydrogen-bond acceptors (Lipinski definition) is 4. The molecule has 1 aliphatic heterocycles. The first-order valence-electron chi connectivity index (χ1n) is 7.77. The molecule has 114 valence electrons. The van der Waals surface area contributed by atoms with Crippen molar-refractivity contribution in [3.05, 3.63) is 36.3 Å². The quantitative estimate of drug-likeness (QED) is 0.790. The number of fused-ring (bicyclic) bond motifs is 3. The highest BCUT2D eigenvalue weighted by Crippen LogP contribution is 2.32. The molecule has 5 nitrogen and oxygen atoms in total. The molecular weight excluding hydrogens is 278 g/mol. The van der Waals surface area contributed by atoms with Crippen molar-refractivity contribution in [3.8, 4) is 0 Å². The summed E-state index contributed by atoms with van der Waals surface area (Å²) < 4.78 is 7.83. The van der Waals surface area contributed by atoms with Crippen molar-refractivity contribution >= 4 is 21.9 Å². The highest BCUT2D eigenvalue weighted by Gasteiger charge is 2.25. The Morgan fingerprint density at radius 3 is 2.95 bits per heavy atom. The first kappa shape index (κ1) is 13.7. The number of rotatable bonds is 2. The summed E-state index contributed by atoms with van der Waals surface area (Å²) in [5, 5.41) is 11.2. The van der Waals surface area contributed by atoms with Crippen LogP contribution in [0.25, 0.3) is 21.9 Å². The molecule has 0 amide bonds. The third-order valence-corrected chi connectivity index (χ3v) is 4.33. The van der Waals surface area contributed by atoms with Gasteiger partial charge in [-0.2, -0.15) is 0 Å². The summed E-state index contributed by atoms with van der Waals surface area (Å²) in [6.07, 6.45) is 3.26. The number of ether oxygens (including phenoxy) is 1. The zero-order chi connectivity index (χ0) is 15.1. The first-order valence-corrected chi connectivity index (χ1v) is 7.77. The van der Waals surface area contributed by atoms with Gasteiger partial charge in [-0.3, -0.25) is 4.98 Å². The Bertz CT molecular complexity index is 819. The van der Waals surface area contributed by atoms with Crippen molar-refractivity contribution in [3.63, 3.8) is 0 Å². The van der Waals surface area contributed by atoms with Crippen LogP contribution in [0.2, 0.25) is 0 Å². The fourth-order valence-corrected chi connectivity index (χ4v) is 3.33. The predicted octanol–water partition coefficient (Wildman–Crippen LogP) is 2.99. The molecule has 0 bridgehead atoms. The summed E-state index contributed by atoms with van der Waals surface area (Å²) in [5.41, 5.74) is 2.84. The van der Waals surface area contributed by atoms with Gasteiger partial charge in [0.15, 0.2) is 0 Å². The second kappa shape index (κ2) is 5.34. The molecule has 1 N–H and O–H groups in total. The SMILES string of the molecule is CC(O)c1nc2cnc3ccccc3c2n1C1CCCOC1. The number of benzene rings is 1. The number of pyridine rings is 1. The minimum atomic E-state index is -0.618. The van der Waals surface area contributed by atoms with Gasteiger partial charge in [0.2, 0.25) is 0 Å². The van der Waals surface area contributed by atoms with Crippen LogP contribution in [0.15, 0.2) is 30.5 Å². The molecule has 2 atom stereocenters. The van der Waals surface area contributed by atoms with E-state index in [0.29, 0.717) is 12.4 Å². The van der Waals surface area contributed by atoms with E-state index in [4.69, 9.17) is 4.74 Å². The van der Waals surface area contributed by atoms with Crippen molar-refractivity contribution in [1.82, 2.24) is 14.5 Å². The van der Waals surface area contributed by atoms with Crippen molar-refractivity contribution < 1.29 is 9.84 Å². The zero-order valence-electron chi connectivity index (χ0n) is 12.6. The summed E-state index contributed by atoms with van der Waals surface area (Å²) in [7, 11) is 0. The van der Waals surface area contributed by atoms with E-state index in [9.17, 15) is 5.11 Å². The van der Waals surface area contributed by atoms with E-state index in [-0.39, 0.29) is 6.04 Å². The minimum Gasteiger partial charge on any atom is -0.385 e. The molecule has 1 saturated heterocycles. The number of aliphatic hydroxyl groups excluding tert-OH is 1. The molecule has 1 fully saturated rings. The van der Waals surface area contributed by atoms with Gasteiger partial charge in [-0.25, -0.2) is 4.98 Å². The lowest BCUT2D eigenvalue weighted by Gasteiger charge is -2.26. The number of imidazole rings is 1. The van der Waals surface area contributed by atoms with Gasteiger partial charge in [-0.15, -0.1) is 0 Å². The van der Waals surface area contributed by atoms with Gasteiger partial charge >= 0.3 is 0 Å². The monoisotopic (exact) mass is 297 g/mol. The van der Waals surface area contributed by atoms with Gasteiger partial charge in [0.1, 0.15) is 17.4 Å². The summed E-state index contributed by atoms with van der Waals surface area (Å²) in [6.45, 7) is 3.24. The normalized spacial score (nSPS) is 20.5. The van der Waals surface area contributed by atoms with Crippen LogP contribution in [-0.2, 0) is 4.74 Å². The standard InChI is InChI=1S/C17H19N3O2/c1-11(21)17-19-15-9-18-14-7-3-2-6-13(14)16(15)20(17)12-5-4-8-22-10-12/h2-3,6-7,9,11-12,21H,4-5,8,10H2,1H3. The summed E-state index contributed by atoms with van der Waals surface area (Å²) in [4.78, 5) is 9.11. The van der Waals surface area contributed by atoms with Crippen LogP contribution in [0.5, 0.6) is 0 Å². The van der Waals surface area contributed by atoms with Crippen molar-refractivity contribution in [1.29, 1.82) is 0 Å². The van der Waals surface area contributed by atoms with E-state index in [2.05, 4.69) is 20.6 Å². The molecule has 4 rings (SSSR count). The molecule has 0 spiro atoms. The zero-order valence-corrected chi connectivity index (χ0v) is 12.6. The minimum absolute atomic E-state index is 0.217. The lowest BCUT2D eigenvalue weighted by molar-refractivity contribution is 0.0565. The molecule has 2 unspecified atom stereocenters. The van der Waals surface area contributed by atoms with Gasteiger partial charge in [0.25, 0.3) is 0 Å². The maximum atomic E-state index is 10.2. The van der Waals surface area contributed by atoms with E-state index in [1.165, 1.54) is 0 Å². The Hall–Kier alpha value is -1.98. The van der Waals surface area contributed by atoms with Crippen LogP contribution in [0.3, 0.4) is 0 Å². The van der Waals surface area contributed by atoms with Crippen molar-refractivity contribution in [2.45, 2.75) is 31.9 Å². The van der Waals surface area contributed by atoms with Crippen molar-refractivity contribution in [2.75, 3.05) is 13.2 Å². The average Bonchev–Trinajstić information content (AvgIpc) is 2.96. The van der Waals surface area contributed by atoms with E-state index in [1.54, 1.807) is 13.1 Å². The molecule has 3 heterocycles. The Labute approximate surface area is 128 Å². The van der Waals surface area contributed by atoms with Crippen LogP contribution in [0.4, 0.5) is 0 Å². The number of hydrogen-bond donors (Lipinski definition) is 1. The Balaban J connectivity index is 2.04. The summed E-state index contributed by atoms with van der Waals surface area (Å²) >= 11 is 0. The van der Waals surface area contributed by atoms with E-state index in [0.717, 1.165) is 41.4 Å². The molecule has 22 heavy (non-hydrogen) atoms. The third kappa shape index (κ3) is 2.09. The maximum absolute atomic E-state index is 10.2. The topological polar surface area (TPSA) is 60.2 Å². The molecule has 0 aliphatic carbocycles. The number of nitrogens with zero attached hydrogens (tertiary/aromatic N) is 3. The van der Waals surface area contributed by atoms with E-state index in [1.807, 2.05) is 18.2 Å². The van der Waals surface area contributed by atoms with Crippen LogP contribution >= 0.6 is 0 Å². The molecule has 3 aromatic rings. The summed E-state index contributed by atoms with van der Waals surface area (Å²) in [5.74, 6) is 0.698. The fraction of sp³-hybridized carbons (Fsp3) is 0.412. The van der Waals surface area contributed by atoms with Gasteiger partial charge in [0.05, 0.1) is 29.9 Å². The van der Waals surface area contributed by atoms with E-state index >= 15 is 0 Å². The second-order valence-corrected chi connectivity index (χ2v) is 5.90. The lowest BCUT2D eigenvalue weighted by atomic mass is 10.1. The van der Waals surface area contributed by atoms with Gasteiger partial charge in [-0.1, -0.05) is 18.2 Å². The second-order valence-electron chi connectivity index (χ2n) is 5.90. The largest absolute Gasteiger partial charge is 0.385 e. The van der Waals surface area contributed by atoms with Crippen LogP contribution in [0.1, 0.15) is 37.7 Å². The van der Waals surface area contributed by atoms with Crippen LogP contribution < -0.4 is 0 Å².